The lowest BCUT2D eigenvalue weighted by molar-refractivity contribution is -0.116. The van der Waals surface area contributed by atoms with Crippen molar-refractivity contribution in [2.75, 3.05) is 37.9 Å². The molecule has 9 heteroatoms. The Morgan fingerprint density at radius 1 is 1.07 bits per heavy atom. The maximum atomic E-state index is 12.5. The summed E-state index contributed by atoms with van der Waals surface area (Å²) in [6, 6.07) is 11.1. The molecule has 0 atom stereocenters. The van der Waals surface area contributed by atoms with E-state index in [0.717, 1.165) is 0 Å². The molecule has 8 nitrogen and oxygen atoms in total. The van der Waals surface area contributed by atoms with Gasteiger partial charge in [-0.25, -0.2) is 4.79 Å². The molecule has 2 rings (SSSR count). The number of carbonyl (C=O) groups is 3. The highest BCUT2D eigenvalue weighted by molar-refractivity contribution is 6.31. The number of nitrogens with one attached hydrogen (secondary N) is 2. The van der Waals surface area contributed by atoms with Crippen LogP contribution in [0.1, 0.15) is 17.3 Å². The van der Waals surface area contributed by atoms with Crippen LogP contribution in [0.25, 0.3) is 0 Å². The molecule has 0 bridgehead atoms. The van der Waals surface area contributed by atoms with Crippen molar-refractivity contribution in [1.29, 1.82) is 0 Å². The molecule has 0 aromatic heterocycles. The molecule has 3 amide bonds. The molecule has 0 saturated heterocycles. The number of benzene rings is 2. The van der Waals surface area contributed by atoms with E-state index in [4.69, 9.17) is 21.1 Å². The van der Waals surface area contributed by atoms with Gasteiger partial charge in [-0.15, -0.1) is 0 Å². The summed E-state index contributed by atoms with van der Waals surface area (Å²) in [5.74, 6) is -0.288. The number of anilines is 2. The molecular formula is C20H22ClN3O5. The minimum atomic E-state index is -0.572. The van der Waals surface area contributed by atoms with Gasteiger partial charge < -0.3 is 19.7 Å². The molecule has 2 aromatic carbocycles. The van der Waals surface area contributed by atoms with Crippen molar-refractivity contribution in [1.82, 2.24) is 4.90 Å². The monoisotopic (exact) mass is 419 g/mol. The number of methoxy groups -OCH3 is 1. The van der Waals surface area contributed by atoms with E-state index >= 15 is 0 Å². The average molecular weight is 420 g/mol. The molecule has 0 spiro atoms. The van der Waals surface area contributed by atoms with Gasteiger partial charge in [-0.1, -0.05) is 11.6 Å². The highest BCUT2D eigenvalue weighted by Crippen LogP contribution is 2.27. The molecule has 154 valence electrons. The predicted octanol–water partition coefficient (Wildman–Crippen LogP) is 3.63. The standard InChI is InChI=1S/C20H22ClN3O5/c1-4-29-20(27)22-15-8-5-13(6-9-15)19(26)24(2)12-18(25)23-16-11-14(21)7-10-17(16)28-3/h5-11H,4,12H2,1-3H3,(H,22,27)(H,23,25). The number of rotatable bonds is 7. The lowest BCUT2D eigenvalue weighted by atomic mass is 10.2. The van der Waals surface area contributed by atoms with Crippen molar-refractivity contribution in [3.05, 3.63) is 53.1 Å². The van der Waals surface area contributed by atoms with Crippen molar-refractivity contribution in [3.8, 4) is 5.75 Å². The van der Waals surface area contributed by atoms with Crippen molar-refractivity contribution in [2.45, 2.75) is 6.92 Å². The fourth-order valence-corrected chi connectivity index (χ4v) is 2.63. The van der Waals surface area contributed by atoms with Gasteiger partial charge in [-0.05, 0) is 49.4 Å². The second-order valence-corrected chi connectivity index (χ2v) is 6.41. The summed E-state index contributed by atoms with van der Waals surface area (Å²) in [6.45, 7) is 1.80. The van der Waals surface area contributed by atoms with Crippen LogP contribution in [-0.2, 0) is 9.53 Å². The van der Waals surface area contributed by atoms with E-state index in [0.29, 0.717) is 27.7 Å². The van der Waals surface area contributed by atoms with Gasteiger partial charge in [0.25, 0.3) is 5.91 Å². The highest BCUT2D eigenvalue weighted by Gasteiger charge is 2.16. The van der Waals surface area contributed by atoms with Gasteiger partial charge in [0.2, 0.25) is 5.91 Å². The SMILES string of the molecule is CCOC(=O)Nc1ccc(C(=O)N(C)CC(=O)Nc2cc(Cl)ccc2OC)cc1. The van der Waals surface area contributed by atoms with Crippen LogP contribution in [0, 0.1) is 0 Å². The topological polar surface area (TPSA) is 97.0 Å². The number of ether oxygens (including phenoxy) is 2. The number of carbonyl (C=O) groups excluding carboxylic acids is 3. The third kappa shape index (κ3) is 6.39. The third-order valence-corrected chi connectivity index (χ3v) is 4.05. The van der Waals surface area contributed by atoms with Gasteiger partial charge in [-0.3, -0.25) is 14.9 Å². The number of amides is 3. The molecule has 0 unspecified atom stereocenters. The summed E-state index contributed by atoms with van der Waals surface area (Å²) in [5.41, 5.74) is 1.28. The molecule has 2 N–H and O–H groups in total. The Balaban J connectivity index is 1.97. The minimum absolute atomic E-state index is 0.169. The van der Waals surface area contributed by atoms with E-state index in [1.165, 1.54) is 19.1 Å². The maximum Gasteiger partial charge on any atom is 0.411 e. The van der Waals surface area contributed by atoms with Crippen LogP contribution in [0.5, 0.6) is 5.75 Å². The Bertz CT molecular complexity index is 886. The summed E-state index contributed by atoms with van der Waals surface area (Å²) in [6.07, 6.45) is -0.572. The number of nitrogens with zero attached hydrogens (tertiary/aromatic N) is 1. The molecular weight excluding hydrogens is 398 g/mol. The Morgan fingerprint density at radius 2 is 1.76 bits per heavy atom. The summed E-state index contributed by atoms with van der Waals surface area (Å²) >= 11 is 5.95. The quantitative estimate of drug-likeness (QED) is 0.714. The van der Waals surface area contributed by atoms with E-state index in [-0.39, 0.29) is 19.1 Å². The number of likely N-dealkylation sites (N-methyl/N-ethyl adjacent to an activating group) is 1. The van der Waals surface area contributed by atoms with Crippen LogP contribution in [0.4, 0.5) is 16.2 Å². The first-order valence-corrected chi connectivity index (χ1v) is 9.14. The smallest absolute Gasteiger partial charge is 0.411 e. The molecule has 0 aliphatic carbocycles. The van der Waals surface area contributed by atoms with Crippen molar-refractivity contribution < 1.29 is 23.9 Å². The summed E-state index contributed by atoms with van der Waals surface area (Å²) < 4.78 is 9.98. The maximum absolute atomic E-state index is 12.5. The zero-order valence-corrected chi connectivity index (χ0v) is 17.1. The normalized spacial score (nSPS) is 10.1. The van der Waals surface area contributed by atoms with E-state index in [1.807, 2.05) is 0 Å². The first-order chi connectivity index (χ1) is 13.8. The molecule has 29 heavy (non-hydrogen) atoms. The fraction of sp³-hybridized carbons (Fsp3) is 0.250. The Labute approximate surface area is 173 Å². The first-order valence-electron chi connectivity index (χ1n) is 8.76. The molecule has 0 saturated carbocycles. The zero-order valence-electron chi connectivity index (χ0n) is 16.3. The minimum Gasteiger partial charge on any atom is -0.495 e. The molecule has 2 aromatic rings. The Kier molecular flexibility index (Phi) is 7.85. The molecule has 0 aliphatic rings. The highest BCUT2D eigenvalue weighted by atomic mass is 35.5. The van der Waals surface area contributed by atoms with E-state index < -0.39 is 12.0 Å². The second-order valence-electron chi connectivity index (χ2n) is 5.98. The Morgan fingerprint density at radius 3 is 2.38 bits per heavy atom. The van der Waals surface area contributed by atoms with Crippen molar-refractivity contribution >= 4 is 40.9 Å². The zero-order chi connectivity index (χ0) is 21.4. The lowest BCUT2D eigenvalue weighted by Gasteiger charge is -2.18. The van der Waals surface area contributed by atoms with Crippen LogP contribution in [0.3, 0.4) is 0 Å². The lowest BCUT2D eigenvalue weighted by Crippen LogP contribution is -2.35. The van der Waals surface area contributed by atoms with Gasteiger partial charge in [0, 0.05) is 23.3 Å². The second kappa shape index (κ2) is 10.3. The van der Waals surface area contributed by atoms with Crippen LogP contribution in [0.15, 0.2) is 42.5 Å². The molecule has 0 aliphatic heterocycles. The van der Waals surface area contributed by atoms with Crippen LogP contribution >= 0.6 is 11.6 Å². The number of halogens is 1. The third-order valence-electron chi connectivity index (χ3n) is 3.82. The van der Waals surface area contributed by atoms with Gasteiger partial charge in [0.15, 0.2) is 0 Å². The average Bonchev–Trinajstić information content (AvgIpc) is 2.68. The molecule has 0 fully saturated rings. The summed E-state index contributed by atoms with van der Waals surface area (Å²) in [5, 5.41) is 5.67. The van der Waals surface area contributed by atoms with Gasteiger partial charge in [0.1, 0.15) is 5.75 Å². The van der Waals surface area contributed by atoms with E-state index in [1.54, 1.807) is 49.4 Å². The molecule has 0 radical (unpaired) electrons. The van der Waals surface area contributed by atoms with Gasteiger partial charge in [0.05, 0.1) is 25.9 Å². The summed E-state index contributed by atoms with van der Waals surface area (Å²) in [7, 11) is 3.00. The van der Waals surface area contributed by atoms with E-state index in [2.05, 4.69) is 10.6 Å². The van der Waals surface area contributed by atoms with E-state index in [9.17, 15) is 14.4 Å². The molecule has 0 heterocycles. The first kappa shape index (κ1) is 22.0. The fourth-order valence-electron chi connectivity index (χ4n) is 2.46. The largest absolute Gasteiger partial charge is 0.495 e. The van der Waals surface area contributed by atoms with Crippen molar-refractivity contribution in [3.63, 3.8) is 0 Å². The van der Waals surface area contributed by atoms with Crippen LogP contribution in [-0.4, -0.2) is 50.1 Å². The van der Waals surface area contributed by atoms with Crippen molar-refractivity contribution in [2.24, 2.45) is 0 Å². The number of hydrogen-bond donors (Lipinski definition) is 2. The van der Waals surface area contributed by atoms with Gasteiger partial charge >= 0.3 is 6.09 Å². The Hall–Kier alpha value is -3.26. The van der Waals surface area contributed by atoms with Crippen LogP contribution < -0.4 is 15.4 Å². The predicted molar refractivity (Wildman–Crippen MR) is 111 cm³/mol. The van der Waals surface area contributed by atoms with Gasteiger partial charge in [-0.2, -0.15) is 0 Å². The number of hydrogen-bond acceptors (Lipinski definition) is 5. The summed E-state index contributed by atoms with van der Waals surface area (Å²) in [4.78, 5) is 37.5. The van der Waals surface area contributed by atoms with Crippen LogP contribution in [0.2, 0.25) is 5.02 Å².